The van der Waals surface area contributed by atoms with Crippen molar-refractivity contribution in [1.82, 2.24) is 5.32 Å². The fourth-order valence-electron chi connectivity index (χ4n) is 0.547. The van der Waals surface area contributed by atoms with Crippen LogP contribution in [0.3, 0.4) is 0 Å². The van der Waals surface area contributed by atoms with E-state index >= 15 is 0 Å². The average molecular weight is 132 g/mol. The number of carboxylic acids is 1. The Morgan fingerprint density at radius 3 is 2.88 bits per heavy atom. The molecule has 3 nitrogen and oxygen atoms in total. The minimum Gasteiger partial charge on any atom is -0.548 e. The molecule has 1 heterocycles. The Balaban J connectivity index is 2.35. The molecule has 0 amide bonds. The van der Waals surface area contributed by atoms with Gasteiger partial charge >= 0.3 is 0 Å². The van der Waals surface area contributed by atoms with Crippen LogP contribution in [-0.2, 0) is 4.79 Å². The Morgan fingerprint density at radius 2 is 2.62 bits per heavy atom. The Kier molecular flexibility index (Phi) is 1.75. The lowest BCUT2D eigenvalue weighted by molar-refractivity contribution is -0.307. The molecule has 0 saturated carbocycles. The summed E-state index contributed by atoms with van der Waals surface area (Å²) in [7, 11) is 0. The average Bonchev–Trinajstić information content (AvgIpc) is 2.12. The van der Waals surface area contributed by atoms with E-state index in [-0.39, 0.29) is 0 Å². The van der Waals surface area contributed by atoms with E-state index in [0.29, 0.717) is 5.75 Å². The van der Waals surface area contributed by atoms with Gasteiger partial charge in [0, 0.05) is 11.6 Å². The van der Waals surface area contributed by atoms with Gasteiger partial charge in [0.25, 0.3) is 0 Å². The van der Waals surface area contributed by atoms with Gasteiger partial charge in [-0.15, -0.1) is 11.8 Å². The first-order valence-electron chi connectivity index (χ1n) is 2.32. The maximum absolute atomic E-state index is 10.0. The first kappa shape index (κ1) is 5.91. The number of hydrogen-bond acceptors (Lipinski definition) is 4. The maximum Gasteiger partial charge on any atom is 0.0593 e. The van der Waals surface area contributed by atoms with Crippen molar-refractivity contribution in [2.45, 2.75) is 6.04 Å². The zero-order valence-corrected chi connectivity index (χ0v) is 5.03. The monoisotopic (exact) mass is 132 g/mol. The van der Waals surface area contributed by atoms with Crippen molar-refractivity contribution in [3.63, 3.8) is 0 Å². The third-order valence-corrected chi connectivity index (χ3v) is 1.94. The molecular formula is C4H6NO2S-. The van der Waals surface area contributed by atoms with Crippen LogP contribution in [0, 0.1) is 0 Å². The molecule has 0 aliphatic carbocycles. The summed E-state index contributed by atoms with van der Waals surface area (Å²) in [6, 6.07) is -0.417. The van der Waals surface area contributed by atoms with Crippen molar-refractivity contribution >= 4 is 17.7 Å². The molecule has 1 rings (SSSR count). The second-order valence-electron chi connectivity index (χ2n) is 1.59. The number of carbonyl (C=O) groups is 1. The molecule has 1 fully saturated rings. The maximum atomic E-state index is 10.0. The van der Waals surface area contributed by atoms with E-state index in [1.54, 1.807) is 11.8 Å². The molecule has 0 spiro atoms. The van der Waals surface area contributed by atoms with Crippen LogP contribution in [0.2, 0.25) is 0 Å². The molecule has 0 radical (unpaired) electrons. The van der Waals surface area contributed by atoms with Crippen LogP contribution in [0.25, 0.3) is 0 Å². The number of thioether (sulfide) groups is 1. The minimum absolute atomic E-state index is 0.417. The van der Waals surface area contributed by atoms with Crippen molar-refractivity contribution in [2.24, 2.45) is 0 Å². The molecule has 1 N–H and O–H groups in total. The summed E-state index contributed by atoms with van der Waals surface area (Å²) in [6.45, 7) is 0. The highest BCUT2D eigenvalue weighted by Gasteiger charge is 2.13. The van der Waals surface area contributed by atoms with Crippen molar-refractivity contribution in [3.05, 3.63) is 0 Å². The number of rotatable bonds is 1. The lowest BCUT2D eigenvalue weighted by Gasteiger charge is -2.07. The van der Waals surface area contributed by atoms with Crippen molar-refractivity contribution in [1.29, 1.82) is 0 Å². The van der Waals surface area contributed by atoms with Crippen molar-refractivity contribution in [2.75, 3.05) is 11.6 Å². The van der Waals surface area contributed by atoms with E-state index in [1.165, 1.54) is 0 Å². The smallest absolute Gasteiger partial charge is 0.0593 e. The summed E-state index contributed by atoms with van der Waals surface area (Å²) in [5.74, 6) is 0.385. The molecule has 1 saturated heterocycles. The summed E-state index contributed by atoms with van der Waals surface area (Å²) in [4.78, 5) is 10.0. The number of aliphatic carboxylic acids is 1. The summed E-state index contributed by atoms with van der Waals surface area (Å²) >= 11 is 1.58. The molecule has 1 aliphatic heterocycles. The molecule has 0 aromatic carbocycles. The predicted molar refractivity (Wildman–Crippen MR) is 29.3 cm³/mol. The number of hydrogen-bond donors (Lipinski definition) is 1. The van der Waals surface area contributed by atoms with Gasteiger partial charge in [0.15, 0.2) is 0 Å². The van der Waals surface area contributed by atoms with Crippen LogP contribution in [-0.4, -0.2) is 23.6 Å². The molecule has 0 bridgehead atoms. The summed E-state index contributed by atoms with van der Waals surface area (Å²) in [6.07, 6.45) is 0. The molecule has 0 aromatic heterocycles. The van der Waals surface area contributed by atoms with E-state index in [9.17, 15) is 9.90 Å². The normalized spacial score (nSPS) is 28.2. The molecular weight excluding hydrogens is 126 g/mol. The fraction of sp³-hybridized carbons (Fsp3) is 0.750. The first-order valence-corrected chi connectivity index (χ1v) is 3.48. The molecule has 1 aliphatic rings. The van der Waals surface area contributed by atoms with Gasteiger partial charge in [0.05, 0.1) is 12.0 Å². The minimum atomic E-state index is -0.991. The van der Waals surface area contributed by atoms with Gasteiger partial charge in [-0.25, -0.2) is 0 Å². The molecule has 0 aromatic rings. The zero-order valence-electron chi connectivity index (χ0n) is 4.22. The number of carbonyl (C=O) groups excluding carboxylic acids is 1. The van der Waals surface area contributed by atoms with Gasteiger partial charge in [0.1, 0.15) is 0 Å². The third-order valence-electron chi connectivity index (χ3n) is 1.00. The van der Waals surface area contributed by atoms with Crippen LogP contribution in [0.4, 0.5) is 0 Å². The Labute approximate surface area is 51.5 Å². The van der Waals surface area contributed by atoms with E-state index in [2.05, 4.69) is 5.32 Å². The molecule has 1 atom stereocenters. The van der Waals surface area contributed by atoms with E-state index in [1.807, 2.05) is 0 Å². The molecule has 4 heteroatoms. The largest absolute Gasteiger partial charge is 0.548 e. The van der Waals surface area contributed by atoms with Gasteiger partial charge in [-0.1, -0.05) is 0 Å². The Bertz CT molecular complexity index is 100. The topological polar surface area (TPSA) is 52.2 Å². The highest BCUT2D eigenvalue weighted by Crippen LogP contribution is 2.07. The quantitative estimate of drug-likeness (QED) is 0.467. The van der Waals surface area contributed by atoms with Gasteiger partial charge in [-0.2, -0.15) is 0 Å². The van der Waals surface area contributed by atoms with Gasteiger partial charge in [0.2, 0.25) is 0 Å². The zero-order chi connectivity index (χ0) is 5.98. The highest BCUT2D eigenvalue weighted by molar-refractivity contribution is 7.99. The third kappa shape index (κ3) is 1.14. The molecule has 0 unspecified atom stereocenters. The summed E-state index contributed by atoms with van der Waals surface area (Å²) < 4.78 is 0. The van der Waals surface area contributed by atoms with Gasteiger partial charge in [-0.05, 0) is 0 Å². The summed E-state index contributed by atoms with van der Waals surface area (Å²) in [5, 5.41) is 12.8. The van der Waals surface area contributed by atoms with E-state index in [0.717, 1.165) is 5.88 Å². The molecule has 46 valence electrons. The summed E-state index contributed by atoms with van der Waals surface area (Å²) in [5.41, 5.74) is 0. The predicted octanol–water partition coefficient (Wildman–Crippen LogP) is -1.60. The standard InChI is InChI=1S/C4H7NO2S/c6-4(7)3-1-8-2-5-3/h3,5H,1-2H2,(H,6,7)/p-1/t3-/m1/s1. The van der Waals surface area contributed by atoms with Crippen molar-refractivity contribution < 1.29 is 9.90 Å². The molecule has 8 heavy (non-hydrogen) atoms. The van der Waals surface area contributed by atoms with Crippen LogP contribution in [0.15, 0.2) is 0 Å². The van der Waals surface area contributed by atoms with Crippen LogP contribution >= 0.6 is 11.8 Å². The number of nitrogens with one attached hydrogen (secondary N) is 1. The SMILES string of the molecule is O=C([O-])[C@H]1CSCN1. The Morgan fingerprint density at radius 1 is 1.88 bits per heavy atom. The van der Waals surface area contributed by atoms with E-state index < -0.39 is 12.0 Å². The van der Waals surface area contributed by atoms with Gasteiger partial charge in [-0.3, -0.25) is 5.32 Å². The highest BCUT2D eigenvalue weighted by atomic mass is 32.2. The second-order valence-corrected chi connectivity index (χ2v) is 2.62. The van der Waals surface area contributed by atoms with Crippen LogP contribution < -0.4 is 10.4 Å². The van der Waals surface area contributed by atoms with Crippen LogP contribution in [0.1, 0.15) is 0 Å². The van der Waals surface area contributed by atoms with E-state index in [4.69, 9.17) is 0 Å². The lowest BCUT2D eigenvalue weighted by Crippen LogP contribution is -2.43. The number of carboxylic acid groups (broad SMARTS) is 1. The van der Waals surface area contributed by atoms with Crippen molar-refractivity contribution in [3.8, 4) is 0 Å². The Hall–Kier alpha value is -0.220. The fourth-order valence-corrected chi connectivity index (χ4v) is 1.47. The first-order chi connectivity index (χ1) is 3.80. The lowest BCUT2D eigenvalue weighted by atomic mass is 10.4. The van der Waals surface area contributed by atoms with Gasteiger partial charge < -0.3 is 9.90 Å². The van der Waals surface area contributed by atoms with Crippen LogP contribution in [0.5, 0.6) is 0 Å². The second kappa shape index (κ2) is 2.37.